The van der Waals surface area contributed by atoms with Gasteiger partial charge in [0.25, 0.3) is 5.91 Å². The molecule has 3 aromatic rings. The number of amides is 1. The molecule has 5 nitrogen and oxygen atoms in total. The molecule has 27 heavy (non-hydrogen) atoms. The number of fused-ring (bicyclic) bond motifs is 1. The molecule has 0 spiro atoms. The second-order valence-corrected chi connectivity index (χ2v) is 5.95. The second kappa shape index (κ2) is 8.36. The van der Waals surface area contributed by atoms with E-state index in [1.807, 2.05) is 49.4 Å². The van der Waals surface area contributed by atoms with Crippen LogP contribution in [0.1, 0.15) is 17.3 Å². The molecule has 0 N–H and O–H groups in total. The van der Waals surface area contributed by atoms with E-state index < -0.39 is 0 Å². The molecule has 0 saturated carbocycles. The molecule has 0 unspecified atom stereocenters. The standard InChI is InChI=1S/C22H21NO4/c1-3-23(20-10-6-8-16-7-4-5-9-19(16)20)22(25)15-27-21-12-11-18(26-2)13-17(21)14-24/h4-14H,3,15H2,1-2H3. The number of carbonyl (C=O) groups excluding carboxylic acids is 2. The molecule has 0 bridgehead atoms. The average Bonchev–Trinajstić information content (AvgIpc) is 2.72. The molecule has 0 heterocycles. The molecular formula is C22H21NO4. The molecule has 3 rings (SSSR count). The summed E-state index contributed by atoms with van der Waals surface area (Å²) in [6.45, 7) is 2.27. The summed E-state index contributed by atoms with van der Waals surface area (Å²) in [6, 6.07) is 18.7. The minimum absolute atomic E-state index is 0.162. The first-order valence-electron chi connectivity index (χ1n) is 8.72. The van der Waals surface area contributed by atoms with Crippen molar-refractivity contribution in [3.8, 4) is 11.5 Å². The number of hydrogen-bond acceptors (Lipinski definition) is 4. The number of aldehydes is 1. The average molecular weight is 363 g/mol. The maximum absolute atomic E-state index is 12.8. The Labute approximate surface area is 158 Å². The van der Waals surface area contributed by atoms with Gasteiger partial charge in [-0.3, -0.25) is 9.59 Å². The Morgan fingerprint density at radius 2 is 1.85 bits per heavy atom. The molecule has 0 aromatic heterocycles. The lowest BCUT2D eigenvalue weighted by Gasteiger charge is -2.23. The molecule has 0 radical (unpaired) electrons. The largest absolute Gasteiger partial charge is 0.497 e. The third-order valence-electron chi connectivity index (χ3n) is 4.37. The van der Waals surface area contributed by atoms with Gasteiger partial charge in [-0.1, -0.05) is 36.4 Å². The third-order valence-corrected chi connectivity index (χ3v) is 4.37. The van der Waals surface area contributed by atoms with Crippen LogP contribution in [-0.4, -0.2) is 32.5 Å². The van der Waals surface area contributed by atoms with Crippen LogP contribution in [0.2, 0.25) is 0 Å². The molecule has 0 aliphatic carbocycles. The highest BCUT2D eigenvalue weighted by Gasteiger charge is 2.17. The van der Waals surface area contributed by atoms with Crippen LogP contribution < -0.4 is 14.4 Å². The lowest BCUT2D eigenvalue weighted by molar-refractivity contribution is -0.120. The molecule has 3 aromatic carbocycles. The van der Waals surface area contributed by atoms with E-state index in [4.69, 9.17) is 9.47 Å². The smallest absolute Gasteiger partial charge is 0.264 e. The van der Waals surface area contributed by atoms with E-state index in [-0.39, 0.29) is 12.5 Å². The molecule has 1 amide bonds. The SMILES string of the molecule is CCN(C(=O)COc1ccc(OC)cc1C=O)c1cccc2ccccc12. The normalized spacial score (nSPS) is 10.4. The van der Waals surface area contributed by atoms with Gasteiger partial charge in [0.15, 0.2) is 12.9 Å². The molecular weight excluding hydrogens is 342 g/mol. The Hall–Kier alpha value is -3.34. The van der Waals surface area contributed by atoms with Gasteiger partial charge in [-0.15, -0.1) is 0 Å². The third kappa shape index (κ3) is 3.92. The minimum atomic E-state index is -0.179. The molecule has 5 heteroatoms. The van der Waals surface area contributed by atoms with Gasteiger partial charge < -0.3 is 14.4 Å². The van der Waals surface area contributed by atoms with Crippen molar-refractivity contribution in [2.24, 2.45) is 0 Å². The van der Waals surface area contributed by atoms with Crippen molar-refractivity contribution in [2.75, 3.05) is 25.2 Å². The number of methoxy groups -OCH3 is 1. The van der Waals surface area contributed by atoms with Gasteiger partial charge in [-0.25, -0.2) is 0 Å². The van der Waals surface area contributed by atoms with Crippen LogP contribution in [0.15, 0.2) is 60.7 Å². The van der Waals surface area contributed by atoms with E-state index in [9.17, 15) is 9.59 Å². The first kappa shape index (κ1) is 18.5. The molecule has 138 valence electrons. The summed E-state index contributed by atoms with van der Waals surface area (Å²) in [5.41, 5.74) is 1.19. The number of benzene rings is 3. The predicted octanol–water partition coefficient (Wildman–Crippen LogP) is 4.09. The number of hydrogen-bond donors (Lipinski definition) is 0. The van der Waals surface area contributed by atoms with Crippen LogP contribution in [0.3, 0.4) is 0 Å². The molecule has 0 aliphatic rings. The topological polar surface area (TPSA) is 55.8 Å². The van der Waals surface area contributed by atoms with Crippen molar-refractivity contribution in [1.82, 2.24) is 0 Å². The van der Waals surface area contributed by atoms with Gasteiger partial charge in [0.2, 0.25) is 0 Å². The Morgan fingerprint density at radius 1 is 1.07 bits per heavy atom. The van der Waals surface area contributed by atoms with Crippen LogP contribution in [0, 0.1) is 0 Å². The lowest BCUT2D eigenvalue weighted by Crippen LogP contribution is -2.35. The summed E-state index contributed by atoms with van der Waals surface area (Å²) in [6.07, 6.45) is 0.685. The zero-order chi connectivity index (χ0) is 19.2. The van der Waals surface area contributed by atoms with Crippen LogP contribution >= 0.6 is 0 Å². The first-order valence-corrected chi connectivity index (χ1v) is 8.72. The predicted molar refractivity (Wildman–Crippen MR) is 106 cm³/mol. The Kier molecular flexibility index (Phi) is 5.71. The maximum atomic E-state index is 12.8. The molecule has 0 atom stereocenters. The van der Waals surface area contributed by atoms with E-state index >= 15 is 0 Å². The fraction of sp³-hybridized carbons (Fsp3) is 0.182. The number of anilines is 1. The van der Waals surface area contributed by atoms with E-state index in [0.717, 1.165) is 16.5 Å². The lowest BCUT2D eigenvalue weighted by atomic mass is 10.1. The van der Waals surface area contributed by atoms with Crippen molar-refractivity contribution < 1.29 is 19.1 Å². The van der Waals surface area contributed by atoms with Gasteiger partial charge in [0.05, 0.1) is 18.4 Å². The van der Waals surface area contributed by atoms with Gasteiger partial charge in [-0.2, -0.15) is 0 Å². The fourth-order valence-electron chi connectivity index (χ4n) is 3.02. The number of nitrogens with zero attached hydrogens (tertiary/aromatic N) is 1. The summed E-state index contributed by atoms with van der Waals surface area (Å²) < 4.78 is 10.7. The summed E-state index contributed by atoms with van der Waals surface area (Å²) in [5, 5.41) is 2.08. The number of likely N-dealkylation sites (N-methyl/N-ethyl adjacent to an activating group) is 1. The zero-order valence-corrected chi connectivity index (χ0v) is 15.3. The minimum Gasteiger partial charge on any atom is -0.497 e. The van der Waals surface area contributed by atoms with Crippen molar-refractivity contribution in [3.05, 3.63) is 66.2 Å². The van der Waals surface area contributed by atoms with Crippen LogP contribution in [0.5, 0.6) is 11.5 Å². The Bertz CT molecular complexity index is 962. The van der Waals surface area contributed by atoms with E-state index in [1.165, 1.54) is 7.11 Å². The Balaban J connectivity index is 1.81. The van der Waals surface area contributed by atoms with Crippen molar-refractivity contribution >= 4 is 28.7 Å². The molecule has 0 saturated heterocycles. The van der Waals surface area contributed by atoms with Gasteiger partial charge in [0, 0.05) is 11.9 Å². The van der Waals surface area contributed by atoms with E-state index in [0.29, 0.717) is 29.9 Å². The quantitative estimate of drug-likeness (QED) is 0.593. The molecule has 0 aliphatic heterocycles. The van der Waals surface area contributed by atoms with Crippen molar-refractivity contribution in [2.45, 2.75) is 6.92 Å². The summed E-state index contributed by atoms with van der Waals surface area (Å²) in [5.74, 6) is 0.733. The summed E-state index contributed by atoms with van der Waals surface area (Å²) in [7, 11) is 1.53. The highest BCUT2D eigenvalue weighted by Crippen LogP contribution is 2.27. The Morgan fingerprint density at radius 3 is 2.59 bits per heavy atom. The number of rotatable bonds is 7. The van der Waals surface area contributed by atoms with Crippen molar-refractivity contribution in [1.29, 1.82) is 0 Å². The van der Waals surface area contributed by atoms with Gasteiger partial charge in [0.1, 0.15) is 11.5 Å². The van der Waals surface area contributed by atoms with Gasteiger partial charge in [-0.05, 0) is 36.6 Å². The van der Waals surface area contributed by atoms with Crippen LogP contribution in [0.4, 0.5) is 5.69 Å². The number of carbonyl (C=O) groups is 2. The summed E-state index contributed by atoms with van der Waals surface area (Å²) in [4.78, 5) is 25.8. The number of ether oxygens (including phenoxy) is 2. The highest BCUT2D eigenvalue weighted by atomic mass is 16.5. The second-order valence-electron chi connectivity index (χ2n) is 5.95. The van der Waals surface area contributed by atoms with Crippen LogP contribution in [-0.2, 0) is 4.79 Å². The maximum Gasteiger partial charge on any atom is 0.264 e. The van der Waals surface area contributed by atoms with E-state index in [1.54, 1.807) is 23.1 Å². The fourth-order valence-corrected chi connectivity index (χ4v) is 3.02. The van der Waals surface area contributed by atoms with Gasteiger partial charge >= 0.3 is 0 Å². The van der Waals surface area contributed by atoms with Crippen LogP contribution in [0.25, 0.3) is 10.8 Å². The monoisotopic (exact) mass is 363 g/mol. The highest BCUT2D eigenvalue weighted by molar-refractivity contribution is 6.04. The van der Waals surface area contributed by atoms with E-state index in [2.05, 4.69) is 0 Å². The molecule has 0 fully saturated rings. The summed E-state index contributed by atoms with van der Waals surface area (Å²) >= 11 is 0. The first-order chi connectivity index (χ1) is 13.2. The zero-order valence-electron chi connectivity index (χ0n) is 15.3. The van der Waals surface area contributed by atoms with Crippen molar-refractivity contribution in [3.63, 3.8) is 0 Å².